The first kappa shape index (κ1) is 21.7. The number of rotatable bonds is 5. The van der Waals surface area contributed by atoms with Crippen molar-refractivity contribution in [2.75, 3.05) is 39.3 Å². The number of hydrogen-bond acceptors (Lipinski definition) is 3. The fourth-order valence-corrected chi connectivity index (χ4v) is 5.78. The molecule has 0 unspecified atom stereocenters. The predicted molar refractivity (Wildman–Crippen MR) is 122 cm³/mol. The summed E-state index contributed by atoms with van der Waals surface area (Å²) >= 11 is 1.76. The minimum atomic E-state index is 0.0142. The van der Waals surface area contributed by atoms with Gasteiger partial charge in [0.15, 0.2) is 0 Å². The van der Waals surface area contributed by atoms with Crippen molar-refractivity contribution >= 4 is 23.6 Å². The molecule has 3 aliphatic rings. The highest BCUT2D eigenvalue weighted by Gasteiger charge is 2.39. The van der Waals surface area contributed by atoms with Crippen LogP contribution in [0.3, 0.4) is 0 Å². The number of amides is 2. The molecule has 3 fully saturated rings. The van der Waals surface area contributed by atoms with Crippen LogP contribution in [0.25, 0.3) is 0 Å². The average molecular weight is 431 g/mol. The number of carbonyl (C=O) groups excluding carboxylic acids is 2. The molecule has 0 spiro atoms. The Balaban J connectivity index is 1.35. The van der Waals surface area contributed by atoms with E-state index in [-0.39, 0.29) is 21.9 Å². The lowest BCUT2D eigenvalue weighted by Gasteiger charge is -2.34. The van der Waals surface area contributed by atoms with Crippen LogP contribution >= 0.6 is 11.8 Å². The van der Waals surface area contributed by atoms with Gasteiger partial charge in [-0.2, -0.15) is 0 Å². The summed E-state index contributed by atoms with van der Waals surface area (Å²) in [7, 11) is 0. The fourth-order valence-electron chi connectivity index (χ4n) is 4.47. The summed E-state index contributed by atoms with van der Waals surface area (Å²) in [6.45, 7) is 14.2. The molecule has 2 aliphatic heterocycles. The summed E-state index contributed by atoms with van der Waals surface area (Å²) < 4.78 is 0. The maximum Gasteiger partial charge on any atom is 0.236 e. The van der Waals surface area contributed by atoms with Crippen LogP contribution in [0.2, 0.25) is 0 Å². The van der Waals surface area contributed by atoms with Gasteiger partial charge in [-0.25, -0.2) is 0 Å². The van der Waals surface area contributed by atoms with Gasteiger partial charge in [0.25, 0.3) is 0 Å². The second kappa shape index (κ2) is 8.54. The maximum absolute atomic E-state index is 12.9. The lowest BCUT2D eigenvalue weighted by Crippen LogP contribution is -3.15. The molecule has 6 heteroatoms. The largest absolute Gasteiger partial charge is 0.331 e. The predicted octanol–water partition coefficient (Wildman–Crippen LogP) is 2.08. The fraction of sp³-hybridized carbons (Fsp3) is 0.667. The van der Waals surface area contributed by atoms with Crippen LogP contribution in [0.5, 0.6) is 0 Å². The molecule has 30 heavy (non-hydrogen) atoms. The Morgan fingerprint density at radius 3 is 2.33 bits per heavy atom. The van der Waals surface area contributed by atoms with E-state index in [1.54, 1.807) is 11.8 Å². The van der Waals surface area contributed by atoms with Crippen LogP contribution in [-0.2, 0) is 15.0 Å². The summed E-state index contributed by atoms with van der Waals surface area (Å²) in [5.74, 6) is 0.942. The molecule has 0 bridgehead atoms. The van der Waals surface area contributed by atoms with Crippen molar-refractivity contribution < 1.29 is 14.5 Å². The monoisotopic (exact) mass is 430 g/mol. The number of carbonyl (C=O) groups is 2. The van der Waals surface area contributed by atoms with E-state index in [9.17, 15) is 9.59 Å². The van der Waals surface area contributed by atoms with E-state index in [1.165, 1.54) is 16.0 Å². The molecule has 1 aromatic carbocycles. The van der Waals surface area contributed by atoms with Crippen molar-refractivity contribution in [1.29, 1.82) is 0 Å². The van der Waals surface area contributed by atoms with Crippen molar-refractivity contribution in [3.63, 3.8) is 0 Å². The van der Waals surface area contributed by atoms with Crippen molar-refractivity contribution in [1.82, 2.24) is 9.80 Å². The van der Waals surface area contributed by atoms with E-state index < -0.39 is 0 Å². The van der Waals surface area contributed by atoms with E-state index in [1.807, 2.05) is 6.92 Å². The molecule has 5 nitrogen and oxygen atoms in total. The van der Waals surface area contributed by atoms with Gasteiger partial charge in [-0.05, 0) is 36.3 Å². The Morgan fingerprint density at radius 2 is 1.77 bits per heavy atom. The van der Waals surface area contributed by atoms with E-state index in [4.69, 9.17) is 0 Å². The Hall–Kier alpha value is -1.53. The minimum Gasteiger partial charge on any atom is -0.331 e. The highest BCUT2D eigenvalue weighted by atomic mass is 32.2. The molecule has 1 N–H and O–H groups in total. The summed E-state index contributed by atoms with van der Waals surface area (Å²) in [5, 5.41) is 0.124. The molecule has 2 heterocycles. The second-order valence-electron chi connectivity index (χ2n) is 10.1. The van der Waals surface area contributed by atoms with Crippen LogP contribution in [0.4, 0.5) is 0 Å². The molecule has 0 aromatic heterocycles. The first-order valence-corrected chi connectivity index (χ1v) is 12.4. The second-order valence-corrected chi connectivity index (χ2v) is 11.6. The average Bonchev–Trinajstić information content (AvgIpc) is 3.53. The van der Waals surface area contributed by atoms with E-state index >= 15 is 0 Å². The third-order valence-electron chi connectivity index (χ3n) is 6.72. The molecule has 164 valence electrons. The molecule has 4 rings (SSSR count). The van der Waals surface area contributed by atoms with Crippen LogP contribution in [0.15, 0.2) is 24.3 Å². The highest BCUT2D eigenvalue weighted by Crippen LogP contribution is 2.42. The van der Waals surface area contributed by atoms with Gasteiger partial charge in [0.2, 0.25) is 11.8 Å². The first-order valence-electron chi connectivity index (χ1n) is 11.4. The standard InChI is InChI=1S/C24H35N3O2S/c1-17-21(28)27(23(30-17)19-7-9-20(10-8-19)24(2,3)4)16-13-25-11-14-26(15-12-25)22(29)18-5-6-18/h7-10,17-18,23H,5-6,11-16H2,1-4H3/p+1/t17-,23-/m1/s1. The molecule has 0 radical (unpaired) electrons. The zero-order chi connectivity index (χ0) is 21.5. The Labute approximate surface area is 185 Å². The third kappa shape index (κ3) is 4.70. The highest BCUT2D eigenvalue weighted by molar-refractivity contribution is 8.01. The number of thioether (sulfide) groups is 1. The van der Waals surface area contributed by atoms with Gasteiger partial charge in [-0.3, -0.25) is 9.59 Å². The molecule has 2 atom stereocenters. The number of hydrogen-bond donors (Lipinski definition) is 1. The Bertz CT molecular complexity index is 777. The zero-order valence-corrected chi connectivity index (χ0v) is 19.6. The normalized spacial score (nSPS) is 25.8. The van der Waals surface area contributed by atoms with Crippen molar-refractivity contribution in [2.45, 2.75) is 56.6 Å². The van der Waals surface area contributed by atoms with Crippen molar-refractivity contribution in [3.8, 4) is 0 Å². The lowest BCUT2D eigenvalue weighted by molar-refractivity contribution is -0.903. The van der Waals surface area contributed by atoms with Gasteiger partial charge < -0.3 is 14.7 Å². The molecule has 2 saturated heterocycles. The summed E-state index contributed by atoms with van der Waals surface area (Å²) in [4.78, 5) is 30.8. The summed E-state index contributed by atoms with van der Waals surface area (Å²) in [6, 6.07) is 8.82. The first-order chi connectivity index (χ1) is 14.2. The van der Waals surface area contributed by atoms with Gasteiger partial charge >= 0.3 is 0 Å². The van der Waals surface area contributed by atoms with Gasteiger partial charge in [-0.15, -0.1) is 11.8 Å². The number of quaternary nitrogens is 1. The quantitative estimate of drug-likeness (QED) is 0.778. The Morgan fingerprint density at radius 1 is 1.13 bits per heavy atom. The SMILES string of the molecule is C[C@H]1S[C@H](c2ccc(C(C)(C)C)cc2)N(CC[NH+]2CCN(C(=O)C3CC3)CC2)C1=O. The lowest BCUT2D eigenvalue weighted by atomic mass is 9.86. The van der Waals surface area contributed by atoms with E-state index in [2.05, 4.69) is 54.8 Å². The van der Waals surface area contributed by atoms with Crippen LogP contribution in [0.1, 0.15) is 57.0 Å². The van der Waals surface area contributed by atoms with Gasteiger partial charge in [0, 0.05) is 5.92 Å². The topological polar surface area (TPSA) is 45.1 Å². The number of benzene rings is 1. The molecule has 1 saturated carbocycles. The number of piperazine rings is 1. The van der Waals surface area contributed by atoms with Crippen LogP contribution in [-0.4, -0.2) is 66.1 Å². The maximum atomic E-state index is 12.9. The number of nitrogens with one attached hydrogen (secondary N) is 1. The zero-order valence-electron chi connectivity index (χ0n) is 18.8. The summed E-state index contributed by atoms with van der Waals surface area (Å²) in [5.41, 5.74) is 2.68. The van der Waals surface area contributed by atoms with E-state index in [0.717, 1.165) is 52.1 Å². The number of nitrogens with zero attached hydrogens (tertiary/aromatic N) is 2. The van der Waals surface area contributed by atoms with Gasteiger partial charge in [0.05, 0.1) is 44.5 Å². The molecule has 2 amide bonds. The summed E-state index contributed by atoms with van der Waals surface area (Å²) in [6.07, 6.45) is 2.16. The van der Waals surface area contributed by atoms with Gasteiger partial charge in [-0.1, -0.05) is 45.0 Å². The molecule has 1 aliphatic carbocycles. The molecular weight excluding hydrogens is 394 g/mol. The molecule has 1 aromatic rings. The third-order valence-corrected chi connectivity index (χ3v) is 8.12. The van der Waals surface area contributed by atoms with Crippen LogP contribution in [0, 0.1) is 5.92 Å². The Kier molecular flexibility index (Phi) is 6.18. The minimum absolute atomic E-state index is 0.0142. The van der Waals surface area contributed by atoms with Crippen molar-refractivity contribution in [3.05, 3.63) is 35.4 Å². The smallest absolute Gasteiger partial charge is 0.236 e. The molecular formula is C24H36N3O2S+. The van der Waals surface area contributed by atoms with E-state index in [0.29, 0.717) is 11.8 Å². The van der Waals surface area contributed by atoms with Gasteiger partial charge in [0.1, 0.15) is 5.37 Å². The van der Waals surface area contributed by atoms with Crippen molar-refractivity contribution in [2.24, 2.45) is 5.92 Å². The van der Waals surface area contributed by atoms with Crippen LogP contribution < -0.4 is 4.90 Å².